The Hall–Kier alpha value is -3.53. The molecule has 41 heavy (non-hydrogen) atoms. The van der Waals surface area contributed by atoms with Gasteiger partial charge in [0.1, 0.15) is 5.54 Å². The number of carbonyl (C=O) groups is 3. The molecule has 3 N–H and O–H groups in total. The number of aromatic nitrogens is 1. The van der Waals surface area contributed by atoms with E-state index in [1.807, 2.05) is 6.07 Å². The van der Waals surface area contributed by atoms with Crippen LogP contribution in [0.15, 0.2) is 54.7 Å². The van der Waals surface area contributed by atoms with Crippen molar-refractivity contribution in [2.75, 3.05) is 23.3 Å². The highest BCUT2D eigenvalue weighted by Gasteiger charge is 2.69. The number of anilines is 2. The first-order chi connectivity index (χ1) is 19.7. The van der Waals surface area contributed by atoms with Crippen LogP contribution in [0.1, 0.15) is 40.2 Å². The standard InChI is InChI=1S/C30H26Cl2FN5O3/c31-18-6-3-17-12-30(29(41)36-21(17)11-18)24(20-9-10-35-26(32)25(20)33)23-22(38(30)13-15-1-2-15)14-37(28(23)40)19-7-4-16(5-8-19)27(34)39/h3-11,15,22-24H,1-2,12-14H2,(H2,34,39)(H,36,41)/t22-,23+,24-,30+/m0/s1. The summed E-state index contributed by atoms with van der Waals surface area (Å²) in [6.07, 6.45) is 3.77. The minimum Gasteiger partial charge on any atom is -0.366 e. The van der Waals surface area contributed by atoms with E-state index in [0.717, 1.165) is 18.4 Å². The molecule has 0 unspecified atom stereocenters. The second kappa shape index (κ2) is 9.51. The highest BCUT2D eigenvalue weighted by molar-refractivity contribution is 6.31. The largest absolute Gasteiger partial charge is 0.366 e. The topological polar surface area (TPSA) is 109 Å². The molecule has 7 rings (SSSR count). The van der Waals surface area contributed by atoms with Gasteiger partial charge < -0.3 is 16.0 Å². The van der Waals surface area contributed by atoms with E-state index in [2.05, 4.69) is 15.2 Å². The molecule has 3 aliphatic heterocycles. The number of nitrogens with two attached hydrogens (primary N) is 1. The number of carbonyl (C=O) groups excluding carboxylic acids is 3. The van der Waals surface area contributed by atoms with Crippen LogP contribution in [0.2, 0.25) is 10.2 Å². The van der Waals surface area contributed by atoms with Crippen molar-refractivity contribution >= 4 is 52.3 Å². The van der Waals surface area contributed by atoms with Gasteiger partial charge in [0.2, 0.25) is 17.7 Å². The van der Waals surface area contributed by atoms with Crippen LogP contribution in [0.25, 0.3) is 0 Å². The van der Waals surface area contributed by atoms with Gasteiger partial charge in [0.15, 0.2) is 11.0 Å². The van der Waals surface area contributed by atoms with Crippen LogP contribution in [0.3, 0.4) is 0 Å². The molecule has 8 nitrogen and oxygen atoms in total. The van der Waals surface area contributed by atoms with E-state index >= 15 is 4.39 Å². The number of primary amides is 1. The first kappa shape index (κ1) is 26.4. The van der Waals surface area contributed by atoms with Crippen molar-refractivity contribution in [3.05, 3.63) is 87.4 Å². The van der Waals surface area contributed by atoms with E-state index in [4.69, 9.17) is 28.9 Å². The zero-order valence-corrected chi connectivity index (χ0v) is 23.3. The van der Waals surface area contributed by atoms with Gasteiger partial charge in [-0.1, -0.05) is 29.3 Å². The van der Waals surface area contributed by atoms with Gasteiger partial charge in [0.05, 0.1) is 5.92 Å². The number of amides is 3. The molecule has 11 heteroatoms. The van der Waals surface area contributed by atoms with Gasteiger partial charge in [-0.25, -0.2) is 9.37 Å². The number of nitrogens with zero attached hydrogens (tertiary/aromatic N) is 3. The zero-order valence-electron chi connectivity index (χ0n) is 21.8. The molecular formula is C30H26Cl2FN5O3. The normalized spacial score (nSPS) is 27.2. The number of pyridine rings is 1. The molecule has 2 saturated heterocycles. The minimum absolute atomic E-state index is 0.199. The maximum Gasteiger partial charge on any atom is 0.248 e. The molecule has 1 aliphatic carbocycles. The van der Waals surface area contributed by atoms with Crippen LogP contribution >= 0.6 is 23.2 Å². The molecule has 1 spiro atoms. The third-order valence-electron chi connectivity index (χ3n) is 9.12. The Labute approximate surface area is 245 Å². The van der Waals surface area contributed by atoms with E-state index in [9.17, 15) is 14.4 Å². The Kier molecular flexibility index (Phi) is 6.12. The predicted molar refractivity (Wildman–Crippen MR) is 152 cm³/mol. The third-order valence-corrected chi connectivity index (χ3v) is 9.62. The SMILES string of the molecule is NC(=O)c1ccc(N2C[C@H]3[C@@H](C2=O)[C@H](c2ccnc(Cl)c2F)[C@@]2(Cc4ccc(Cl)cc4NC2=O)N3CC2CC2)cc1. The molecule has 3 fully saturated rings. The first-order valence-corrected chi connectivity index (χ1v) is 14.3. The maximum absolute atomic E-state index is 15.9. The number of likely N-dealkylation sites (tertiary alicyclic amines) is 1. The molecule has 2 aromatic carbocycles. The van der Waals surface area contributed by atoms with Crippen molar-refractivity contribution in [2.24, 2.45) is 17.6 Å². The van der Waals surface area contributed by atoms with Crippen molar-refractivity contribution in [1.29, 1.82) is 0 Å². The van der Waals surface area contributed by atoms with Crippen molar-refractivity contribution in [3.8, 4) is 0 Å². The van der Waals surface area contributed by atoms with Crippen LogP contribution in [-0.2, 0) is 16.0 Å². The minimum atomic E-state index is -1.23. The molecule has 1 saturated carbocycles. The summed E-state index contributed by atoms with van der Waals surface area (Å²) >= 11 is 12.4. The molecule has 4 atom stereocenters. The Morgan fingerprint density at radius 1 is 1.12 bits per heavy atom. The van der Waals surface area contributed by atoms with E-state index in [1.165, 1.54) is 12.3 Å². The molecular weight excluding hydrogens is 568 g/mol. The van der Waals surface area contributed by atoms with Gasteiger partial charge in [-0.2, -0.15) is 0 Å². The van der Waals surface area contributed by atoms with Gasteiger partial charge >= 0.3 is 0 Å². The Bertz CT molecular complexity index is 1610. The van der Waals surface area contributed by atoms with Crippen LogP contribution in [0.5, 0.6) is 0 Å². The predicted octanol–water partition coefficient (Wildman–Crippen LogP) is 4.40. The number of benzene rings is 2. The molecule has 0 radical (unpaired) electrons. The van der Waals surface area contributed by atoms with Crippen LogP contribution in [-0.4, -0.2) is 52.3 Å². The summed E-state index contributed by atoms with van der Waals surface area (Å²) < 4.78 is 15.9. The van der Waals surface area contributed by atoms with Crippen molar-refractivity contribution in [1.82, 2.24) is 9.88 Å². The van der Waals surface area contributed by atoms with Crippen molar-refractivity contribution < 1.29 is 18.8 Å². The van der Waals surface area contributed by atoms with Gasteiger partial charge in [-0.05, 0) is 72.4 Å². The van der Waals surface area contributed by atoms with Gasteiger partial charge in [-0.3, -0.25) is 19.3 Å². The monoisotopic (exact) mass is 593 g/mol. The van der Waals surface area contributed by atoms with E-state index in [1.54, 1.807) is 41.3 Å². The highest BCUT2D eigenvalue weighted by atomic mass is 35.5. The number of rotatable bonds is 5. The molecule has 3 amide bonds. The Morgan fingerprint density at radius 3 is 2.59 bits per heavy atom. The lowest BCUT2D eigenvalue weighted by atomic mass is 9.69. The lowest BCUT2D eigenvalue weighted by Gasteiger charge is -2.46. The van der Waals surface area contributed by atoms with Gasteiger partial charge in [-0.15, -0.1) is 0 Å². The molecule has 3 aromatic rings. The average Bonchev–Trinajstić information content (AvgIpc) is 3.66. The summed E-state index contributed by atoms with van der Waals surface area (Å²) in [5, 5.41) is 3.24. The summed E-state index contributed by atoms with van der Waals surface area (Å²) in [7, 11) is 0. The van der Waals surface area contributed by atoms with E-state index in [-0.39, 0.29) is 35.0 Å². The molecule has 1 aromatic heterocycles. The number of nitrogens with one attached hydrogen (secondary N) is 1. The van der Waals surface area contributed by atoms with Crippen LogP contribution < -0.4 is 16.0 Å². The van der Waals surface area contributed by atoms with Crippen LogP contribution in [0, 0.1) is 17.7 Å². The maximum atomic E-state index is 15.9. The number of hydrogen-bond donors (Lipinski definition) is 2. The smallest absolute Gasteiger partial charge is 0.248 e. The third kappa shape index (κ3) is 4.05. The molecule has 0 bridgehead atoms. The fourth-order valence-corrected chi connectivity index (χ4v) is 7.44. The first-order valence-electron chi connectivity index (χ1n) is 13.6. The quantitative estimate of drug-likeness (QED) is 0.426. The summed E-state index contributed by atoms with van der Waals surface area (Å²) in [4.78, 5) is 48.0. The van der Waals surface area contributed by atoms with E-state index in [0.29, 0.717) is 41.0 Å². The number of hydrogen-bond acceptors (Lipinski definition) is 5. The number of halogens is 3. The lowest BCUT2D eigenvalue weighted by Crippen LogP contribution is -2.62. The molecule has 4 aliphatic rings. The Balaban J connectivity index is 1.39. The van der Waals surface area contributed by atoms with Crippen LogP contribution in [0.4, 0.5) is 15.8 Å². The van der Waals surface area contributed by atoms with Gasteiger partial charge in [0.25, 0.3) is 0 Å². The highest BCUT2D eigenvalue weighted by Crippen LogP contribution is 2.57. The summed E-state index contributed by atoms with van der Waals surface area (Å²) in [6, 6.07) is 13.1. The van der Waals surface area contributed by atoms with Gasteiger partial charge in [0, 0.05) is 59.6 Å². The fourth-order valence-electron chi connectivity index (χ4n) is 7.11. The zero-order chi connectivity index (χ0) is 28.6. The summed E-state index contributed by atoms with van der Waals surface area (Å²) in [5.74, 6) is -2.96. The van der Waals surface area contributed by atoms with Crippen molar-refractivity contribution in [2.45, 2.75) is 36.8 Å². The average molecular weight is 594 g/mol. The second-order valence-corrected chi connectivity index (χ2v) is 12.2. The lowest BCUT2D eigenvalue weighted by molar-refractivity contribution is -0.129. The summed E-state index contributed by atoms with van der Waals surface area (Å²) in [5.41, 5.74) is 6.80. The van der Waals surface area contributed by atoms with Crippen molar-refractivity contribution in [3.63, 3.8) is 0 Å². The Morgan fingerprint density at radius 2 is 1.88 bits per heavy atom. The fraction of sp³-hybridized carbons (Fsp3) is 0.333. The summed E-state index contributed by atoms with van der Waals surface area (Å²) in [6.45, 7) is 0.918. The van der Waals surface area contributed by atoms with E-state index < -0.39 is 29.1 Å². The molecule has 4 heterocycles. The molecule has 210 valence electrons. The number of fused-ring (bicyclic) bond motifs is 2. The second-order valence-electron chi connectivity index (χ2n) is 11.4.